The lowest BCUT2D eigenvalue weighted by molar-refractivity contribution is -0.384. The number of hydrogen-bond donors (Lipinski definition) is 1. The van der Waals surface area contributed by atoms with Crippen LogP contribution in [-0.2, 0) is 16.0 Å². The summed E-state index contributed by atoms with van der Waals surface area (Å²) in [5.41, 5.74) is 2.27. The Hall–Kier alpha value is -3.73. The molecule has 2 aromatic carbocycles. The molecule has 11 heteroatoms. The molecular formula is C22H21F3N4O4. The number of nitrogens with one attached hydrogen (secondary N) is 1. The minimum atomic E-state index is -4.44. The first-order valence-corrected chi connectivity index (χ1v) is 9.95. The zero-order valence-electron chi connectivity index (χ0n) is 17.6. The van der Waals surface area contributed by atoms with Crippen molar-refractivity contribution in [1.29, 1.82) is 0 Å². The Labute approximate surface area is 187 Å². The molecule has 1 unspecified atom stereocenters. The number of nitrogens with zero attached hydrogens (tertiary/aromatic N) is 3. The van der Waals surface area contributed by atoms with E-state index in [2.05, 4.69) is 15.2 Å². The number of aromatic nitrogens is 2. The van der Waals surface area contributed by atoms with Crippen LogP contribution in [0.4, 0.5) is 18.9 Å². The number of benzene rings is 2. The molecule has 1 aromatic heterocycles. The van der Waals surface area contributed by atoms with E-state index in [9.17, 15) is 28.1 Å². The third kappa shape index (κ3) is 6.88. The van der Waals surface area contributed by atoms with Gasteiger partial charge in [-0.1, -0.05) is 18.2 Å². The lowest BCUT2D eigenvalue weighted by atomic mass is 10.1. The average molecular weight is 462 g/mol. The van der Waals surface area contributed by atoms with Gasteiger partial charge in [0.05, 0.1) is 29.3 Å². The molecule has 1 heterocycles. The molecule has 3 rings (SSSR count). The van der Waals surface area contributed by atoms with Crippen LogP contribution in [-0.4, -0.2) is 46.0 Å². The van der Waals surface area contributed by atoms with Crippen LogP contribution in [0.5, 0.6) is 0 Å². The molecule has 1 amide bonds. The Morgan fingerprint density at radius 2 is 1.85 bits per heavy atom. The number of rotatable bonds is 9. The molecule has 1 N–H and O–H groups in total. The van der Waals surface area contributed by atoms with Gasteiger partial charge in [-0.2, -0.15) is 18.3 Å². The van der Waals surface area contributed by atoms with Crippen LogP contribution >= 0.6 is 0 Å². The summed E-state index contributed by atoms with van der Waals surface area (Å²) in [7, 11) is 0. The normalized spacial score (nSPS) is 12.4. The minimum absolute atomic E-state index is 0.0757. The fourth-order valence-corrected chi connectivity index (χ4v) is 3.13. The van der Waals surface area contributed by atoms with E-state index in [0.717, 1.165) is 5.69 Å². The van der Waals surface area contributed by atoms with Crippen LogP contribution in [0.15, 0.2) is 60.8 Å². The highest BCUT2D eigenvalue weighted by Crippen LogP contribution is 2.26. The maximum atomic E-state index is 12.5. The van der Waals surface area contributed by atoms with Crippen molar-refractivity contribution in [3.05, 3.63) is 76.5 Å². The predicted octanol–water partition coefficient (Wildman–Crippen LogP) is 4.07. The standard InChI is InChI=1S/C22H21F3N4O4/c1-15(13-33-14-22(23,24)25)26-20(30)11-17-12-28(18-5-3-2-4-6-18)27-21(17)16-7-9-19(10-8-16)29(31)32/h2-10,12,15H,11,13-14H2,1H3,(H,26,30). The number of amides is 1. The van der Waals surface area contributed by atoms with Crippen molar-refractivity contribution >= 4 is 11.6 Å². The van der Waals surface area contributed by atoms with Gasteiger partial charge < -0.3 is 10.1 Å². The second-order valence-corrected chi connectivity index (χ2v) is 7.36. The quantitative estimate of drug-likeness (QED) is 0.382. The van der Waals surface area contributed by atoms with Crippen LogP contribution in [0.1, 0.15) is 12.5 Å². The van der Waals surface area contributed by atoms with Gasteiger partial charge in [0.1, 0.15) is 6.61 Å². The van der Waals surface area contributed by atoms with Crippen LogP contribution in [0, 0.1) is 10.1 Å². The van der Waals surface area contributed by atoms with Crippen molar-refractivity contribution in [2.75, 3.05) is 13.2 Å². The van der Waals surface area contributed by atoms with Crippen LogP contribution in [0.3, 0.4) is 0 Å². The molecule has 0 aliphatic heterocycles. The predicted molar refractivity (Wildman–Crippen MR) is 114 cm³/mol. The molecule has 0 saturated carbocycles. The number of ether oxygens (including phenoxy) is 1. The Kier molecular flexibility index (Phi) is 7.44. The molecule has 0 aliphatic rings. The SMILES string of the molecule is CC(COCC(F)(F)F)NC(=O)Cc1cn(-c2ccccc2)nc1-c1ccc([N+](=O)[O-])cc1. The number of alkyl halides is 3. The van der Waals surface area contributed by atoms with E-state index >= 15 is 0 Å². The van der Waals surface area contributed by atoms with Crippen LogP contribution in [0.25, 0.3) is 16.9 Å². The molecular weight excluding hydrogens is 441 g/mol. The third-order valence-electron chi connectivity index (χ3n) is 4.55. The molecule has 1 atom stereocenters. The van der Waals surface area contributed by atoms with Crippen molar-refractivity contribution < 1.29 is 27.6 Å². The summed E-state index contributed by atoms with van der Waals surface area (Å²) in [6, 6.07) is 14.3. The largest absolute Gasteiger partial charge is 0.411 e. The first-order valence-electron chi connectivity index (χ1n) is 9.95. The van der Waals surface area contributed by atoms with Gasteiger partial charge in [-0.15, -0.1) is 0 Å². The monoisotopic (exact) mass is 462 g/mol. The summed E-state index contributed by atoms with van der Waals surface area (Å²) in [5, 5.41) is 18.1. The molecule has 8 nitrogen and oxygen atoms in total. The van der Waals surface area contributed by atoms with E-state index in [4.69, 9.17) is 0 Å². The molecule has 0 radical (unpaired) electrons. The van der Waals surface area contributed by atoms with Gasteiger partial charge in [0.25, 0.3) is 5.69 Å². The molecule has 174 valence electrons. The van der Waals surface area contributed by atoms with Crippen molar-refractivity contribution in [1.82, 2.24) is 15.1 Å². The second kappa shape index (κ2) is 10.3. The number of non-ortho nitro benzene ring substituents is 1. The number of para-hydroxylation sites is 1. The van der Waals surface area contributed by atoms with Gasteiger partial charge in [-0.05, 0) is 31.2 Å². The molecule has 0 bridgehead atoms. The summed E-state index contributed by atoms with van der Waals surface area (Å²) in [5.74, 6) is -0.422. The highest BCUT2D eigenvalue weighted by Gasteiger charge is 2.27. The van der Waals surface area contributed by atoms with E-state index < -0.39 is 29.7 Å². The summed E-state index contributed by atoms with van der Waals surface area (Å²) >= 11 is 0. The molecule has 3 aromatic rings. The topological polar surface area (TPSA) is 99.3 Å². The van der Waals surface area contributed by atoms with Gasteiger partial charge in [0, 0.05) is 35.5 Å². The maximum Gasteiger partial charge on any atom is 0.411 e. The number of hydrogen-bond acceptors (Lipinski definition) is 5. The summed E-state index contributed by atoms with van der Waals surface area (Å²) in [6.07, 6.45) is -2.85. The van der Waals surface area contributed by atoms with Crippen LogP contribution < -0.4 is 5.32 Å². The van der Waals surface area contributed by atoms with Crippen molar-refractivity contribution in [3.8, 4) is 16.9 Å². The zero-order chi connectivity index (χ0) is 24.0. The lowest BCUT2D eigenvalue weighted by Gasteiger charge is -2.15. The second-order valence-electron chi connectivity index (χ2n) is 7.36. The van der Waals surface area contributed by atoms with E-state index in [1.165, 1.54) is 12.1 Å². The highest BCUT2D eigenvalue weighted by atomic mass is 19.4. The third-order valence-corrected chi connectivity index (χ3v) is 4.55. The number of nitro benzene ring substituents is 1. The molecule has 33 heavy (non-hydrogen) atoms. The average Bonchev–Trinajstić information content (AvgIpc) is 3.17. The number of nitro groups is 1. The fraction of sp³-hybridized carbons (Fsp3) is 0.273. The first-order chi connectivity index (χ1) is 15.6. The first kappa shape index (κ1) is 23.9. The van der Waals surface area contributed by atoms with Crippen molar-refractivity contribution in [3.63, 3.8) is 0 Å². The van der Waals surface area contributed by atoms with E-state index in [-0.39, 0.29) is 18.7 Å². The van der Waals surface area contributed by atoms with Gasteiger partial charge in [0.2, 0.25) is 5.91 Å². The summed E-state index contributed by atoms with van der Waals surface area (Å²) in [6.45, 7) is -0.135. The molecule has 0 saturated heterocycles. The Morgan fingerprint density at radius 3 is 2.45 bits per heavy atom. The highest BCUT2D eigenvalue weighted by molar-refractivity contribution is 5.81. The number of carbonyl (C=O) groups excluding carboxylic acids is 1. The van der Waals surface area contributed by atoms with E-state index in [1.54, 1.807) is 29.9 Å². The Morgan fingerprint density at radius 1 is 1.18 bits per heavy atom. The smallest absolute Gasteiger partial charge is 0.370 e. The van der Waals surface area contributed by atoms with Gasteiger partial charge in [0.15, 0.2) is 0 Å². The van der Waals surface area contributed by atoms with Crippen LogP contribution in [0.2, 0.25) is 0 Å². The molecule has 0 spiro atoms. The Bertz CT molecular complexity index is 1100. The minimum Gasteiger partial charge on any atom is -0.370 e. The van der Waals surface area contributed by atoms with E-state index in [0.29, 0.717) is 16.8 Å². The summed E-state index contributed by atoms with van der Waals surface area (Å²) in [4.78, 5) is 23.0. The Balaban J connectivity index is 1.78. The summed E-state index contributed by atoms with van der Waals surface area (Å²) < 4.78 is 42.8. The zero-order valence-corrected chi connectivity index (χ0v) is 17.6. The maximum absolute atomic E-state index is 12.5. The molecule has 0 aliphatic carbocycles. The van der Waals surface area contributed by atoms with Gasteiger partial charge >= 0.3 is 6.18 Å². The molecule has 0 fully saturated rings. The van der Waals surface area contributed by atoms with Crippen molar-refractivity contribution in [2.45, 2.75) is 25.6 Å². The fourth-order valence-electron chi connectivity index (χ4n) is 3.13. The lowest BCUT2D eigenvalue weighted by Crippen LogP contribution is -2.37. The van der Waals surface area contributed by atoms with Gasteiger partial charge in [-0.25, -0.2) is 4.68 Å². The van der Waals surface area contributed by atoms with Gasteiger partial charge in [-0.3, -0.25) is 14.9 Å². The number of carbonyl (C=O) groups is 1. The van der Waals surface area contributed by atoms with Crippen molar-refractivity contribution in [2.24, 2.45) is 0 Å². The number of halogens is 3. The van der Waals surface area contributed by atoms with E-state index in [1.807, 2.05) is 30.3 Å².